The van der Waals surface area contributed by atoms with E-state index in [2.05, 4.69) is 105 Å². The normalized spacial score (nSPS) is 9.36. The van der Waals surface area contributed by atoms with E-state index in [1.54, 1.807) is 0 Å². The van der Waals surface area contributed by atoms with E-state index in [1.165, 1.54) is 21.5 Å². The van der Waals surface area contributed by atoms with E-state index in [0.29, 0.717) is 0 Å². The average molecular weight is 404 g/mol. The molecule has 0 nitrogen and oxygen atoms in total. The van der Waals surface area contributed by atoms with Gasteiger partial charge in [0.15, 0.2) is 0 Å². The van der Waals surface area contributed by atoms with Crippen LogP contribution in [0.25, 0.3) is 21.5 Å². The molecule has 1 heteroatoms. The molecule has 0 atom stereocenters. The topological polar surface area (TPSA) is 0 Å². The largest absolute Gasteiger partial charge is 0.642 e. The second-order valence-corrected chi connectivity index (χ2v) is 5.56. The van der Waals surface area contributed by atoms with Gasteiger partial charge in [-0.1, -0.05) is 5.39 Å². The summed E-state index contributed by atoms with van der Waals surface area (Å²) in [6.07, 6.45) is 1.65. The molecule has 0 spiro atoms. The molecule has 0 radical (unpaired) electrons. The summed E-state index contributed by atoms with van der Waals surface area (Å²) < 4.78 is 0. The van der Waals surface area contributed by atoms with Crippen molar-refractivity contribution in [1.82, 2.24) is 0 Å². The van der Waals surface area contributed by atoms with E-state index in [9.17, 15) is 0 Å². The molecule has 0 saturated heterocycles. The molecule has 0 aliphatic heterocycles. The zero-order chi connectivity index (χ0) is 17.2. The number of rotatable bonds is 2. The maximum Gasteiger partial charge on any atom is 0 e. The van der Waals surface area contributed by atoms with Crippen molar-refractivity contribution >= 4 is 21.5 Å². The van der Waals surface area contributed by atoms with Gasteiger partial charge in [-0.3, -0.25) is 0 Å². The number of fused-ring (bicyclic) bond motifs is 2. The quantitative estimate of drug-likeness (QED) is 0.247. The molecule has 0 aliphatic carbocycles. The van der Waals surface area contributed by atoms with Gasteiger partial charge in [0.05, 0.1) is 0 Å². The average Bonchev–Trinajstić information content (AvgIpc) is 3.30. The Morgan fingerprint density at radius 2 is 1.36 bits per heavy atom. The third-order valence-electron chi connectivity index (χ3n) is 3.80. The van der Waals surface area contributed by atoms with Crippen molar-refractivity contribution in [3.8, 4) is 0 Å². The summed E-state index contributed by atoms with van der Waals surface area (Å²) in [5.74, 6) is 0. The third kappa shape index (κ3) is 6.96. The number of hydrogen-bond donors (Lipinski definition) is 0. The molecule has 0 aliphatic rings. The summed E-state index contributed by atoms with van der Waals surface area (Å²) in [4.78, 5) is 0. The van der Waals surface area contributed by atoms with E-state index in [1.807, 2.05) is 0 Å². The Bertz CT molecular complexity index is 731. The van der Waals surface area contributed by atoms with Crippen LogP contribution in [0, 0.1) is 13.8 Å². The maximum atomic E-state index is 3.67. The number of benzene rings is 2. The van der Waals surface area contributed by atoms with Crippen LogP contribution >= 0.6 is 0 Å². The molecule has 4 rings (SSSR count). The van der Waals surface area contributed by atoms with Gasteiger partial charge in [-0.05, 0) is 0 Å². The van der Waals surface area contributed by atoms with Gasteiger partial charge in [0.2, 0.25) is 0 Å². The van der Waals surface area contributed by atoms with E-state index < -0.39 is 0 Å². The molecule has 0 N–H and O–H groups in total. The van der Waals surface area contributed by atoms with E-state index in [-0.39, 0.29) is 26.2 Å². The molecule has 0 aromatic heterocycles. The van der Waals surface area contributed by atoms with Gasteiger partial charge < -0.3 is 67.1 Å². The van der Waals surface area contributed by atoms with Crippen molar-refractivity contribution in [3.05, 3.63) is 111 Å². The van der Waals surface area contributed by atoms with Crippen LogP contribution in [0.15, 0.2) is 97.1 Å². The smallest absolute Gasteiger partial charge is 0 e. The number of hydrogen-bond acceptors (Lipinski definition) is 0. The summed E-state index contributed by atoms with van der Waals surface area (Å²) in [5, 5.41) is 5.32. The minimum absolute atomic E-state index is 0. The fraction of sp³-hybridized carbons (Fsp3) is 0.0833. The summed E-state index contributed by atoms with van der Waals surface area (Å²) in [6.45, 7) is 10.9. The van der Waals surface area contributed by atoms with Crippen molar-refractivity contribution in [3.63, 3.8) is 0 Å². The molecule has 0 saturated carbocycles. The first-order chi connectivity index (χ1) is 11.7. The Hall–Kier alpha value is -1.72. The SMILES string of the molecule is C=C(C[CH2-])C[CH2-].[Zr].c1cc[c-]2[cH-][cH-][cH-][c-]2c1.c1cc[c-]2cccc2c1. The fourth-order valence-corrected chi connectivity index (χ4v) is 2.26. The zero-order valence-electron chi connectivity index (χ0n) is 14.6. The summed E-state index contributed by atoms with van der Waals surface area (Å²) in [5.41, 5.74) is 1.12. The van der Waals surface area contributed by atoms with Crippen molar-refractivity contribution in [2.75, 3.05) is 0 Å². The second kappa shape index (κ2) is 11.8. The molecule has 0 fully saturated rings. The van der Waals surface area contributed by atoms with Crippen LogP contribution in [0.3, 0.4) is 0 Å². The molecule has 25 heavy (non-hydrogen) atoms. The molecular formula is C24H24Zr-8. The van der Waals surface area contributed by atoms with Gasteiger partial charge in [0, 0.05) is 26.2 Å². The zero-order valence-corrected chi connectivity index (χ0v) is 17.1. The Morgan fingerprint density at radius 3 is 1.88 bits per heavy atom. The first-order valence-corrected chi connectivity index (χ1v) is 8.20. The predicted octanol–water partition coefficient (Wildman–Crippen LogP) is 7.11. The molecule has 4 aromatic rings. The van der Waals surface area contributed by atoms with Gasteiger partial charge in [0.25, 0.3) is 0 Å². The van der Waals surface area contributed by atoms with Gasteiger partial charge in [-0.15, -0.1) is 47.9 Å². The van der Waals surface area contributed by atoms with E-state index in [0.717, 1.165) is 18.4 Å². The van der Waals surface area contributed by atoms with Crippen molar-refractivity contribution < 1.29 is 26.2 Å². The minimum atomic E-state index is 0. The van der Waals surface area contributed by atoms with Crippen LogP contribution < -0.4 is 0 Å². The molecule has 0 unspecified atom stereocenters. The maximum absolute atomic E-state index is 3.67. The Morgan fingerprint density at radius 1 is 0.840 bits per heavy atom. The van der Waals surface area contributed by atoms with Gasteiger partial charge in [0.1, 0.15) is 0 Å². The van der Waals surface area contributed by atoms with Crippen LogP contribution in [0.2, 0.25) is 0 Å². The third-order valence-corrected chi connectivity index (χ3v) is 3.80. The molecule has 132 valence electrons. The van der Waals surface area contributed by atoms with Gasteiger partial charge in [-0.2, -0.15) is 25.0 Å². The standard InChI is InChI=1S/2C9H7.C6H10.Zr/c2*1-2-5-9-7-3-6-8(9)4-1;1-4-6(3)5-2;/h2*1-7H;1-5H2;/q-5;-1;-2;. The van der Waals surface area contributed by atoms with Crippen LogP contribution in [0.5, 0.6) is 0 Å². The minimum Gasteiger partial charge on any atom is -0.642 e. The van der Waals surface area contributed by atoms with Crippen LogP contribution in [0.1, 0.15) is 12.8 Å². The van der Waals surface area contributed by atoms with Crippen molar-refractivity contribution in [1.29, 1.82) is 0 Å². The van der Waals surface area contributed by atoms with Crippen LogP contribution in [0.4, 0.5) is 0 Å². The van der Waals surface area contributed by atoms with Gasteiger partial charge in [-0.25, -0.2) is 0 Å². The second-order valence-electron chi connectivity index (χ2n) is 5.56. The molecule has 0 amide bonds. The van der Waals surface area contributed by atoms with Crippen LogP contribution in [-0.2, 0) is 26.2 Å². The summed E-state index contributed by atoms with van der Waals surface area (Å²) in [7, 11) is 0. The Balaban J connectivity index is 0.000000189. The number of allylic oxidation sites excluding steroid dienone is 1. The molecule has 0 bridgehead atoms. The molecule has 4 aromatic carbocycles. The Labute approximate surface area is 171 Å². The summed E-state index contributed by atoms with van der Waals surface area (Å²) in [6, 6.07) is 29.3. The predicted molar refractivity (Wildman–Crippen MR) is 108 cm³/mol. The van der Waals surface area contributed by atoms with Crippen molar-refractivity contribution in [2.24, 2.45) is 0 Å². The summed E-state index contributed by atoms with van der Waals surface area (Å²) >= 11 is 0. The monoisotopic (exact) mass is 402 g/mol. The molecular weight excluding hydrogens is 379 g/mol. The van der Waals surface area contributed by atoms with E-state index >= 15 is 0 Å². The fourth-order valence-electron chi connectivity index (χ4n) is 2.26. The van der Waals surface area contributed by atoms with E-state index in [4.69, 9.17) is 0 Å². The molecule has 0 heterocycles. The van der Waals surface area contributed by atoms with Gasteiger partial charge >= 0.3 is 0 Å². The van der Waals surface area contributed by atoms with Crippen molar-refractivity contribution in [2.45, 2.75) is 12.8 Å². The first kappa shape index (κ1) is 21.3. The Kier molecular flexibility index (Phi) is 10.0. The van der Waals surface area contributed by atoms with Crippen LogP contribution in [-0.4, -0.2) is 0 Å². The first-order valence-electron chi connectivity index (χ1n) is 8.20.